The van der Waals surface area contributed by atoms with E-state index in [1.165, 1.54) is 0 Å². The van der Waals surface area contributed by atoms with Gasteiger partial charge in [-0.15, -0.1) is 0 Å². The second-order valence-electron chi connectivity index (χ2n) is 5.41. The molecule has 1 rings (SSSR count). The summed E-state index contributed by atoms with van der Waals surface area (Å²) in [5, 5.41) is 75.1. The van der Waals surface area contributed by atoms with E-state index in [0.717, 1.165) is 0 Å². The minimum atomic E-state index is -2.35. The Morgan fingerprint density at radius 1 is 1.17 bits per heavy atom. The average molecular weight is 357 g/mol. The maximum absolute atomic E-state index is 10.7. The van der Waals surface area contributed by atoms with E-state index in [4.69, 9.17) is 30.5 Å². The van der Waals surface area contributed by atoms with Crippen molar-refractivity contribution in [2.24, 2.45) is 5.73 Å². The topological polar surface area (TPSA) is 223 Å². The van der Waals surface area contributed by atoms with E-state index < -0.39 is 74.2 Å². The van der Waals surface area contributed by atoms with Crippen molar-refractivity contribution in [3.63, 3.8) is 0 Å². The Hall–Kier alpha value is -0.930. The van der Waals surface area contributed by atoms with Crippen LogP contribution in [0.1, 0.15) is 0 Å². The Morgan fingerprint density at radius 3 is 2.21 bits per heavy atom. The van der Waals surface area contributed by atoms with Gasteiger partial charge in [-0.3, -0.25) is 0 Å². The largest absolute Gasteiger partial charge is 0.479 e. The number of carboxylic acid groups (broad SMARTS) is 1. The number of rotatable bonds is 8. The zero-order chi connectivity index (χ0) is 18.6. The molecule has 1 aliphatic rings. The van der Waals surface area contributed by atoms with Crippen LogP contribution in [0.3, 0.4) is 0 Å². The molecule has 1 fully saturated rings. The summed E-state index contributed by atoms with van der Waals surface area (Å²) in [4.78, 5) is 10.7. The Balaban J connectivity index is 2.94. The van der Waals surface area contributed by atoms with E-state index in [9.17, 15) is 30.3 Å². The lowest BCUT2D eigenvalue weighted by atomic mass is 9.97. The molecule has 0 saturated carbocycles. The van der Waals surface area contributed by atoms with E-state index >= 15 is 0 Å². The number of aliphatic carboxylic acids is 1. The predicted octanol–water partition coefficient (Wildman–Crippen LogP) is -5.70. The highest BCUT2D eigenvalue weighted by Crippen LogP contribution is 2.23. The number of nitrogens with two attached hydrogens (primary N) is 1. The lowest BCUT2D eigenvalue weighted by molar-refractivity contribution is -0.298. The molecule has 12 nitrogen and oxygen atoms in total. The van der Waals surface area contributed by atoms with Gasteiger partial charge in [-0.2, -0.15) is 0 Å². The molecular weight excluding hydrogens is 334 g/mol. The molecule has 0 spiro atoms. The van der Waals surface area contributed by atoms with E-state index in [1.54, 1.807) is 0 Å². The molecule has 0 aromatic carbocycles. The number of aliphatic hydroxyl groups excluding tert-OH is 7. The molecule has 0 bridgehead atoms. The highest BCUT2D eigenvalue weighted by Gasteiger charge is 2.46. The molecule has 1 saturated heterocycles. The lowest BCUT2D eigenvalue weighted by Gasteiger charge is -2.42. The van der Waals surface area contributed by atoms with Crippen LogP contribution in [-0.2, 0) is 14.3 Å². The van der Waals surface area contributed by atoms with Crippen LogP contribution in [0.2, 0.25) is 0 Å². The molecule has 1 aliphatic heterocycles. The summed E-state index contributed by atoms with van der Waals surface area (Å²) in [5.74, 6) is -1.81. The molecule has 10 N–H and O–H groups in total. The SMILES string of the molecule is N[C@H]1C(O)[C@@H](O)C(CO)O[C@H]1OC(C(O)CO)C(O)C(O)C(=O)O. The molecule has 0 aromatic heterocycles. The summed E-state index contributed by atoms with van der Waals surface area (Å²) >= 11 is 0. The lowest BCUT2D eigenvalue weighted by Crippen LogP contribution is -2.64. The van der Waals surface area contributed by atoms with Gasteiger partial charge in [0.1, 0.15) is 36.6 Å². The monoisotopic (exact) mass is 357 g/mol. The number of carboxylic acids is 1. The van der Waals surface area contributed by atoms with Gasteiger partial charge in [0.15, 0.2) is 12.4 Å². The summed E-state index contributed by atoms with van der Waals surface area (Å²) in [6.45, 7) is -1.66. The van der Waals surface area contributed by atoms with Crippen molar-refractivity contribution in [1.29, 1.82) is 0 Å². The molecule has 0 aromatic rings. The van der Waals surface area contributed by atoms with Gasteiger partial charge in [0, 0.05) is 0 Å². The third-order valence-corrected chi connectivity index (χ3v) is 3.70. The molecule has 9 atom stereocenters. The maximum Gasteiger partial charge on any atom is 0.335 e. The minimum absolute atomic E-state index is 0.710. The molecule has 0 amide bonds. The fourth-order valence-corrected chi connectivity index (χ4v) is 2.21. The number of carbonyl (C=O) groups is 1. The van der Waals surface area contributed by atoms with Gasteiger partial charge in [-0.1, -0.05) is 0 Å². The van der Waals surface area contributed by atoms with Gasteiger partial charge >= 0.3 is 5.97 Å². The first-order valence-electron chi connectivity index (χ1n) is 7.07. The minimum Gasteiger partial charge on any atom is -0.479 e. The van der Waals surface area contributed by atoms with Crippen LogP contribution in [-0.4, -0.2) is 115 Å². The summed E-state index contributed by atoms with van der Waals surface area (Å²) < 4.78 is 10.2. The highest BCUT2D eigenvalue weighted by molar-refractivity contribution is 5.72. The third kappa shape index (κ3) is 4.58. The Morgan fingerprint density at radius 2 is 1.75 bits per heavy atom. The zero-order valence-electron chi connectivity index (χ0n) is 12.5. The first kappa shape index (κ1) is 21.1. The summed E-state index contributed by atoms with van der Waals surface area (Å²) in [5.41, 5.74) is 5.61. The summed E-state index contributed by atoms with van der Waals surface area (Å²) in [6.07, 6.45) is -14.2. The summed E-state index contributed by atoms with van der Waals surface area (Å²) in [7, 11) is 0. The van der Waals surface area contributed by atoms with Gasteiger partial charge in [0.25, 0.3) is 0 Å². The molecule has 24 heavy (non-hydrogen) atoms. The van der Waals surface area contributed by atoms with Crippen molar-refractivity contribution in [2.45, 2.75) is 55.1 Å². The fraction of sp³-hybridized carbons (Fsp3) is 0.917. The molecule has 142 valence electrons. The fourth-order valence-electron chi connectivity index (χ4n) is 2.21. The molecule has 0 radical (unpaired) electrons. The van der Waals surface area contributed by atoms with E-state index in [0.29, 0.717) is 0 Å². The zero-order valence-corrected chi connectivity index (χ0v) is 12.5. The maximum atomic E-state index is 10.7. The second-order valence-corrected chi connectivity index (χ2v) is 5.41. The van der Waals surface area contributed by atoms with Gasteiger partial charge in [0.2, 0.25) is 0 Å². The van der Waals surface area contributed by atoms with E-state index in [2.05, 4.69) is 0 Å². The van der Waals surface area contributed by atoms with Crippen LogP contribution < -0.4 is 5.73 Å². The van der Waals surface area contributed by atoms with Crippen molar-refractivity contribution < 1.29 is 55.1 Å². The predicted molar refractivity (Wildman–Crippen MR) is 73.4 cm³/mol. The molecule has 1 heterocycles. The Bertz CT molecular complexity index is 408. The van der Waals surface area contributed by atoms with Crippen molar-refractivity contribution >= 4 is 5.97 Å². The van der Waals surface area contributed by atoms with Gasteiger partial charge in [-0.05, 0) is 0 Å². The van der Waals surface area contributed by atoms with Crippen LogP contribution >= 0.6 is 0 Å². The normalized spacial score (nSPS) is 35.9. The van der Waals surface area contributed by atoms with Crippen LogP contribution in [0.4, 0.5) is 0 Å². The number of ether oxygens (including phenoxy) is 2. The smallest absolute Gasteiger partial charge is 0.335 e. The van der Waals surface area contributed by atoms with Crippen molar-refractivity contribution in [3.05, 3.63) is 0 Å². The quantitative estimate of drug-likeness (QED) is 0.198. The highest BCUT2D eigenvalue weighted by atomic mass is 16.7. The molecule has 12 heteroatoms. The van der Waals surface area contributed by atoms with E-state index in [-0.39, 0.29) is 0 Å². The van der Waals surface area contributed by atoms with Crippen molar-refractivity contribution in [2.75, 3.05) is 13.2 Å². The number of aliphatic hydroxyl groups is 7. The van der Waals surface area contributed by atoms with Gasteiger partial charge in [0.05, 0.1) is 19.3 Å². The Labute approximate surface area is 136 Å². The third-order valence-electron chi connectivity index (χ3n) is 3.70. The first-order valence-corrected chi connectivity index (χ1v) is 7.07. The number of hydrogen-bond acceptors (Lipinski definition) is 11. The standard InChI is InChI=1S/C12H23NO11/c13-5-7(18)6(17)4(2-15)23-12(5)24-10(3(16)1-14)8(19)9(20)11(21)22/h3-10,12,14-20H,1-2,13H2,(H,21,22)/t3?,4?,5-,6-,7?,8?,9?,10?,12-/m0/s1. The van der Waals surface area contributed by atoms with Crippen LogP contribution in [0.5, 0.6) is 0 Å². The van der Waals surface area contributed by atoms with Crippen LogP contribution in [0, 0.1) is 0 Å². The van der Waals surface area contributed by atoms with Gasteiger partial charge in [-0.25, -0.2) is 4.79 Å². The van der Waals surface area contributed by atoms with Gasteiger partial charge < -0.3 is 56.1 Å². The summed E-state index contributed by atoms with van der Waals surface area (Å²) in [6, 6.07) is -1.38. The molecular formula is C12H23NO11. The van der Waals surface area contributed by atoms with Crippen molar-refractivity contribution in [1.82, 2.24) is 0 Å². The van der Waals surface area contributed by atoms with Crippen LogP contribution in [0.25, 0.3) is 0 Å². The van der Waals surface area contributed by atoms with Crippen LogP contribution in [0.15, 0.2) is 0 Å². The Kier molecular flexibility index (Phi) is 7.88. The molecule has 0 aliphatic carbocycles. The van der Waals surface area contributed by atoms with Crippen molar-refractivity contribution in [3.8, 4) is 0 Å². The average Bonchev–Trinajstić information content (AvgIpc) is 2.57. The number of hydrogen-bond donors (Lipinski definition) is 9. The van der Waals surface area contributed by atoms with E-state index in [1.807, 2.05) is 0 Å². The molecule has 6 unspecified atom stereocenters. The first-order chi connectivity index (χ1) is 11.1. The second kappa shape index (κ2) is 8.96.